The minimum absolute atomic E-state index is 0.288. The Balaban J connectivity index is 2.15. The van der Waals surface area contributed by atoms with E-state index in [1.54, 1.807) is 6.07 Å². The Morgan fingerprint density at radius 2 is 2.21 bits per heavy atom. The van der Waals surface area contributed by atoms with Crippen LogP contribution >= 0.6 is 0 Å². The maximum absolute atomic E-state index is 12.5. The summed E-state index contributed by atoms with van der Waals surface area (Å²) >= 11 is 0. The van der Waals surface area contributed by atoms with Crippen molar-refractivity contribution in [2.75, 3.05) is 20.1 Å². The fourth-order valence-corrected chi connectivity index (χ4v) is 1.12. The third-order valence-electron chi connectivity index (χ3n) is 1.88. The molecule has 4 heteroatoms. The maximum atomic E-state index is 12.5. The van der Waals surface area contributed by atoms with E-state index in [-0.39, 0.29) is 5.82 Å². The van der Waals surface area contributed by atoms with Gasteiger partial charge in [0.25, 0.3) is 0 Å². The zero-order valence-electron chi connectivity index (χ0n) is 8.39. The van der Waals surface area contributed by atoms with Crippen LogP contribution in [0.3, 0.4) is 0 Å². The number of aromatic nitrogens is 1. The van der Waals surface area contributed by atoms with Crippen molar-refractivity contribution in [1.82, 2.24) is 15.6 Å². The largest absolute Gasteiger partial charge is 0.320 e. The van der Waals surface area contributed by atoms with Crippen LogP contribution < -0.4 is 10.6 Å². The van der Waals surface area contributed by atoms with E-state index in [1.165, 1.54) is 12.3 Å². The lowest BCUT2D eigenvalue weighted by Crippen LogP contribution is -2.19. The Kier molecular flexibility index (Phi) is 5.11. The molecule has 78 valence electrons. The molecule has 1 rings (SSSR count). The highest BCUT2D eigenvalue weighted by Gasteiger charge is 1.94. The lowest BCUT2D eigenvalue weighted by molar-refractivity contribution is 0.603. The van der Waals surface area contributed by atoms with Crippen molar-refractivity contribution < 1.29 is 4.39 Å². The predicted octanol–water partition coefficient (Wildman–Crippen LogP) is 0.920. The quantitative estimate of drug-likeness (QED) is 0.666. The van der Waals surface area contributed by atoms with Gasteiger partial charge in [0.1, 0.15) is 5.82 Å². The fourth-order valence-electron chi connectivity index (χ4n) is 1.12. The maximum Gasteiger partial charge on any atom is 0.141 e. The highest BCUT2D eigenvalue weighted by atomic mass is 19.1. The summed E-state index contributed by atoms with van der Waals surface area (Å²) in [6, 6.07) is 3.12. The van der Waals surface area contributed by atoms with Gasteiger partial charge in [0.05, 0.1) is 11.9 Å². The molecule has 0 aliphatic rings. The van der Waals surface area contributed by atoms with Crippen molar-refractivity contribution in [2.45, 2.75) is 13.0 Å². The van der Waals surface area contributed by atoms with Gasteiger partial charge in [-0.05, 0) is 38.7 Å². The number of pyridine rings is 1. The molecule has 1 aromatic heterocycles. The van der Waals surface area contributed by atoms with Crippen LogP contribution in [0, 0.1) is 5.82 Å². The first kappa shape index (κ1) is 11.1. The minimum atomic E-state index is -0.288. The average Bonchev–Trinajstić information content (AvgIpc) is 2.21. The zero-order chi connectivity index (χ0) is 10.2. The molecule has 0 spiro atoms. The second-order valence-corrected chi connectivity index (χ2v) is 3.10. The number of nitrogens with one attached hydrogen (secondary N) is 2. The van der Waals surface area contributed by atoms with Crippen LogP contribution in [-0.2, 0) is 6.54 Å². The molecule has 1 heterocycles. The molecule has 0 aliphatic heterocycles. The van der Waals surface area contributed by atoms with Crippen LogP contribution in [0.2, 0.25) is 0 Å². The second-order valence-electron chi connectivity index (χ2n) is 3.10. The van der Waals surface area contributed by atoms with E-state index in [0.717, 1.165) is 25.2 Å². The summed E-state index contributed by atoms with van der Waals surface area (Å²) in [5.74, 6) is -0.288. The van der Waals surface area contributed by atoms with Gasteiger partial charge in [0.2, 0.25) is 0 Å². The molecule has 0 aliphatic carbocycles. The molecule has 0 atom stereocenters. The van der Waals surface area contributed by atoms with Crippen LogP contribution in [0.25, 0.3) is 0 Å². The number of hydrogen-bond acceptors (Lipinski definition) is 3. The molecule has 0 bridgehead atoms. The lowest BCUT2D eigenvalue weighted by atomic mass is 10.3. The molecule has 0 saturated heterocycles. The van der Waals surface area contributed by atoms with E-state index in [2.05, 4.69) is 15.6 Å². The summed E-state index contributed by atoms with van der Waals surface area (Å²) in [5, 5.41) is 6.30. The molecule has 3 nitrogen and oxygen atoms in total. The molecule has 0 radical (unpaired) electrons. The van der Waals surface area contributed by atoms with Gasteiger partial charge in [0.15, 0.2) is 0 Å². The summed E-state index contributed by atoms with van der Waals surface area (Å²) in [7, 11) is 1.93. The molecule has 0 aromatic carbocycles. The van der Waals surface area contributed by atoms with Gasteiger partial charge in [-0.1, -0.05) is 0 Å². The number of rotatable bonds is 6. The van der Waals surface area contributed by atoms with E-state index < -0.39 is 0 Å². The van der Waals surface area contributed by atoms with Gasteiger partial charge >= 0.3 is 0 Å². The van der Waals surface area contributed by atoms with Crippen molar-refractivity contribution >= 4 is 0 Å². The molecule has 0 unspecified atom stereocenters. The first-order valence-electron chi connectivity index (χ1n) is 4.78. The summed E-state index contributed by atoms with van der Waals surface area (Å²) in [5.41, 5.74) is 0.871. The van der Waals surface area contributed by atoms with Crippen molar-refractivity contribution in [2.24, 2.45) is 0 Å². The molecule has 1 aromatic rings. The van der Waals surface area contributed by atoms with Crippen molar-refractivity contribution in [1.29, 1.82) is 0 Å². The van der Waals surface area contributed by atoms with Gasteiger partial charge in [-0.25, -0.2) is 4.39 Å². The van der Waals surface area contributed by atoms with Crippen LogP contribution in [0.1, 0.15) is 12.1 Å². The van der Waals surface area contributed by atoms with E-state index >= 15 is 0 Å². The Labute approximate surface area is 83.7 Å². The van der Waals surface area contributed by atoms with Gasteiger partial charge in [-0.3, -0.25) is 4.98 Å². The van der Waals surface area contributed by atoms with Gasteiger partial charge < -0.3 is 10.6 Å². The van der Waals surface area contributed by atoms with E-state index in [1.807, 2.05) is 7.05 Å². The lowest BCUT2D eigenvalue weighted by Gasteiger charge is -2.03. The third kappa shape index (κ3) is 4.30. The number of halogens is 1. The van der Waals surface area contributed by atoms with E-state index in [0.29, 0.717) is 6.54 Å². The fraction of sp³-hybridized carbons (Fsp3) is 0.500. The molecule has 14 heavy (non-hydrogen) atoms. The number of hydrogen-bond donors (Lipinski definition) is 2. The molecule has 0 amide bonds. The van der Waals surface area contributed by atoms with Gasteiger partial charge in [-0.15, -0.1) is 0 Å². The van der Waals surface area contributed by atoms with Crippen LogP contribution in [0.4, 0.5) is 4.39 Å². The number of nitrogens with zero attached hydrogens (tertiary/aromatic N) is 1. The molecular weight excluding hydrogens is 181 g/mol. The van der Waals surface area contributed by atoms with Crippen molar-refractivity contribution in [3.63, 3.8) is 0 Å². The topological polar surface area (TPSA) is 37.0 Å². The molecular formula is C10H16FN3. The Hall–Kier alpha value is -1.00. The predicted molar refractivity (Wildman–Crippen MR) is 54.4 cm³/mol. The summed E-state index contributed by atoms with van der Waals surface area (Å²) in [6.45, 7) is 2.65. The van der Waals surface area contributed by atoms with E-state index in [4.69, 9.17) is 0 Å². The van der Waals surface area contributed by atoms with Gasteiger partial charge in [-0.2, -0.15) is 0 Å². The van der Waals surface area contributed by atoms with Crippen molar-refractivity contribution in [3.05, 3.63) is 29.8 Å². The molecule has 0 saturated carbocycles. The summed E-state index contributed by atoms with van der Waals surface area (Å²) in [6.07, 6.45) is 2.32. The van der Waals surface area contributed by atoms with Crippen LogP contribution in [0.5, 0.6) is 0 Å². The monoisotopic (exact) mass is 197 g/mol. The SMILES string of the molecule is CNCCCNCc1ccc(F)cn1. The summed E-state index contributed by atoms with van der Waals surface area (Å²) in [4.78, 5) is 3.94. The van der Waals surface area contributed by atoms with Crippen molar-refractivity contribution in [3.8, 4) is 0 Å². The summed E-state index contributed by atoms with van der Waals surface area (Å²) < 4.78 is 12.5. The second kappa shape index (κ2) is 6.45. The Morgan fingerprint density at radius 1 is 1.36 bits per heavy atom. The normalized spacial score (nSPS) is 10.4. The van der Waals surface area contributed by atoms with Crippen LogP contribution in [0.15, 0.2) is 18.3 Å². The Bertz CT molecular complexity index is 248. The average molecular weight is 197 g/mol. The third-order valence-corrected chi connectivity index (χ3v) is 1.88. The van der Waals surface area contributed by atoms with E-state index in [9.17, 15) is 4.39 Å². The highest BCUT2D eigenvalue weighted by Crippen LogP contribution is 1.97. The Morgan fingerprint density at radius 3 is 2.86 bits per heavy atom. The van der Waals surface area contributed by atoms with Gasteiger partial charge in [0, 0.05) is 6.54 Å². The molecule has 2 N–H and O–H groups in total. The highest BCUT2D eigenvalue weighted by molar-refractivity contribution is 5.04. The minimum Gasteiger partial charge on any atom is -0.320 e. The zero-order valence-corrected chi connectivity index (χ0v) is 8.39. The first-order valence-corrected chi connectivity index (χ1v) is 4.78. The smallest absolute Gasteiger partial charge is 0.141 e. The van der Waals surface area contributed by atoms with Crippen LogP contribution in [-0.4, -0.2) is 25.1 Å². The standard InChI is InChI=1S/C10H16FN3/c1-12-5-2-6-13-8-10-4-3-9(11)7-14-10/h3-4,7,12-13H,2,5-6,8H2,1H3. The molecule has 0 fully saturated rings. The first-order chi connectivity index (χ1) is 6.83.